The van der Waals surface area contributed by atoms with Gasteiger partial charge < -0.3 is 0 Å². The summed E-state index contributed by atoms with van der Waals surface area (Å²) in [6, 6.07) is 0.141. The zero-order chi connectivity index (χ0) is 30.5. The van der Waals surface area contributed by atoms with Gasteiger partial charge in [-0.2, -0.15) is 0 Å². The average molecular weight is 707 g/mol. The maximum atomic E-state index is 16.7. The van der Waals surface area contributed by atoms with Crippen LogP contribution in [0.2, 0.25) is 3.43 Å². The number of anilines is 1. The van der Waals surface area contributed by atoms with Crippen LogP contribution in [0.1, 0.15) is 111 Å². The van der Waals surface area contributed by atoms with Crippen molar-refractivity contribution in [1.29, 1.82) is 0 Å². The number of alkyl halides is 1. The van der Waals surface area contributed by atoms with Gasteiger partial charge in [-0.25, -0.2) is 0 Å². The quantitative estimate of drug-likeness (QED) is 0.223. The Morgan fingerprint density at radius 1 is 1.05 bits per heavy atom. The number of rotatable bonds is 15. The zero-order valence-corrected chi connectivity index (χ0v) is 29.4. The molecule has 5 rings (SSSR count). The van der Waals surface area contributed by atoms with Crippen LogP contribution in [0.25, 0.3) is 10.9 Å². The number of aliphatic hydroxyl groups excluding tert-OH is 1. The molecule has 1 N–H and O–H groups in total. The van der Waals surface area contributed by atoms with E-state index >= 15 is 4.39 Å². The van der Waals surface area contributed by atoms with E-state index in [1.54, 1.807) is 6.20 Å². The van der Waals surface area contributed by atoms with Crippen molar-refractivity contribution in [2.24, 2.45) is 0 Å². The number of β-amino-alcohol motifs (C(OH)–C–C–N with tert-alkyl or cyclic N) is 1. The van der Waals surface area contributed by atoms with E-state index in [2.05, 4.69) is 25.7 Å². The number of hydrogen-bond acceptors (Lipinski definition) is 7. The monoisotopic (exact) mass is 707 g/mol. The van der Waals surface area contributed by atoms with Crippen molar-refractivity contribution in [1.82, 2.24) is 19.9 Å². The van der Waals surface area contributed by atoms with E-state index in [1.807, 2.05) is 4.90 Å². The Kier molecular flexibility index (Phi) is 11.4. The van der Waals surface area contributed by atoms with Crippen molar-refractivity contribution in [3.05, 3.63) is 12.0 Å². The molecule has 0 aromatic carbocycles. The molecule has 10 heteroatoms. The van der Waals surface area contributed by atoms with Crippen molar-refractivity contribution in [3.8, 4) is 6.01 Å². The third-order valence-electron chi connectivity index (χ3n) is 9.98. The van der Waals surface area contributed by atoms with Gasteiger partial charge in [0.1, 0.15) is 0 Å². The van der Waals surface area contributed by atoms with Crippen LogP contribution in [-0.4, -0.2) is 96.7 Å². The van der Waals surface area contributed by atoms with Gasteiger partial charge in [0.25, 0.3) is 0 Å². The van der Waals surface area contributed by atoms with Gasteiger partial charge in [0.15, 0.2) is 0 Å². The number of aromatic nitrogens is 3. The minimum absolute atomic E-state index is 0.141. The molecule has 2 aromatic heterocycles. The van der Waals surface area contributed by atoms with E-state index in [0.29, 0.717) is 41.0 Å². The first kappa shape index (κ1) is 33.0. The molecule has 0 aliphatic carbocycles. The summed E-state index contributed by atoms with van der Waals surface area (Å²) >= 11 is -1.44. The van der Waals surface area contributed by atoms with Crippen molar-refractivity contribution >= 4 is 41.6 Å². The SMILES string of the molecule is CCCC[C](CCCC)(CCCC)[Sn][c]1ncc2c(N3CCC[C@@H](O)C3)nc(OC[C@@]34CCCN3C[C@H](F)C4)nc2c1F. The molecule has 0 unspecified atom stereocenters. The zero-order valence-electron chi connectivity index (χ0n) is 26.5. The Balaban J connectivity index is 1.51. The summed E-state index contributed by atoms with van der Waals surface area (Å²) in [7, 11) is 0. The second kappa shape index (κ2) is 14.8. The fraction of sp³-hybridized carbons (Fsp3) is 0.788. The number of ether oxygens (including phenoxy) is 1. The predicted octanol–water partition coefficient (Wildman–Crippen LogP) is 6.14. The van der Waals surface area contributed by atoms with E-state index in [0.717, 1.165) is 77.3 Å². The number of aliphatic hydroxyl groups is 1. The molecule has 2 aromatic rings. The Bertz CT molecular complexity index is 1200. The van der Waals surface area contributed by atoms with Gasteiger partial charge >= 0.3 is 268 Å². The number of hydrogen-bond donors (Lipinski definition) is 1. The predicted molar refractivity (Wildman–Crippen MR) is 170 cm³/mol. The number of unbranched alkanes of at least 4 members (excludes halogenated alkanes) is 3. The van der Waals surface area contributed by atoms with Gasteiger partial charge in [-0.15, -0.1) is 0 Å². The van der Waals surface area contributed by atoms with Crippen LogP contribution in [0.15, 0.2) is 6.20 Å². The Morgan fingerprint density at radius 3 is 2.44 bits per heavy atom. The number of pyridine rings is 1. The first-order valence-corrected chi connectivity index (χ1v) is 19.8. The van der Waals surface area contributed by atoms with Crippen molar-refractivity contribution in [2.75, 3.05) is 37.7 Å². The molecule has 0 amide bonds. The molecule has 2 radical (unpaired) electrons. The van der Waals surface area contributed by atoms with E-state index in [4.69, 9.17) is 19.7 Å². The van der Waals surface area contributed by atoms with Gasteiger partial charge in [-0.05, 0) is 0 Å². The number of halogens is 2. The molecule has 3 fully saturated rings. The molecular formula is C33H51F2N5O2Sn. The number of fused-ring (bicyclic) bond motifs is 2. The summed E-state index contributed by atoms with van der Waals surface area (Å²) in [6.07, 6.45) is 14.8. The first-order valence-electron chi connectivity index (χ1n) is 16.9. The van der Waals surface area contributed by atoms with Crippen molar-refractivity contribution in [2.45, 2.75) is 132 Å². The third kappa shape index (κ3) is 7.56. The summed E-state index contributed by atoms with van der Waals surface area (Å²) in [4.78, 5) is 18.5. The summed E-state index contributed by atoms with van der Waals surface area (Å²) in [5.41, 5.74) is -0.0653. The van der Waals surface area contributed by atoms with Crippen LogP contribution in [0.3, 0.4) is 0 Å². The van der Waals surface area contributed by atoms with Gasteiger partial charge in [0.2, 0.25) is 0 Å². The fourth-order valence-corrected chi connectivity index (χ4v) is 12.6. The molecule has 3 aliphatic rings. The van der Waals surface area contributed by atoms with Gasteiger partial charge in [0, 0.05) is 0 Å². The summed E-state index contributed by atoms with van der Waals surface area (Å²) in [5, 5.41) is 11.0. The molecule has 3 atom stereocenters. The molecule has 7 nitrogen and oxygen atoms in total. The van der Waals surface area contributed by atoms with Crippen LogP contribution < -0.4 is 13.3 Å². The summed E-state index contributed by atoms with van der Waals surface area (Å²) in [6.45, 7) is 9.50. The van der Waals surface area contributed by atoms with E-state index in [1.165, 1.54) is 19.3 Å². The molecular weight excluding hydrogens is 655 g/mol. The molecule has 238 valence electrons. The minimum atomic E-state index is -1.44. The molecule has 0 saturated carbocycles. The molecule has 0 bridgehead atoms. The van der Waals surface area contributed by atoms with Crippen LogP contribution in [-0.2, 0) is 0 Å². The number of nitrogens with zero attached hydrogens (tertiary/aromatic N) is 5. The Hall–Kier alpha value is -1.33. The van der Waals surface area contributed by atoms with Gasteiger partial charge in [-0.3, -0.25) is 0 Å². The number of piperidine rings is 1. The average Bonchev–Trinajstić information content (AvgIpc) is 3.53. The maximum absolute atomic E-state index is 16.7. The van der Waals surface area contributed by atoms with Crippen LogP contribution >= 0.6 is 0 Å². The second-order valence-corrected chi connectivity index (χ2v) is 18.4. The standard InChI is InChI=1S/C20H24F2N5O2.C13H27.Sn/c21-13-7-20(4-2-6-27(20)10-13)12-29-19-24-17-15(8-23-9-16(17)22)18(25-19)26-5-1-3-14(28)11-26;1-4-7-10-13(11-8-5-2)12-9-6-3;/h8,13-14,28H,1-7,10-12H2;4-12H2,1-3H3;/t13-,14-,20+;;/m1../s1. The van der Waals surface area contributed by atoms with Crippen LogP contribution in [0.5, 0.6) is 6.01 Å². The molecule has 43 heavy (non-hydrogen) atoms. The third-order valence-corrected chi connectivity index (χ3v) is 15.3. The van der Waals surface area contributed by atoms with Gasteiger partial charge in [0.05, 0.1) is 0 Å². The molecule has 3 aliphatic heterocycles. The Morgan fingerprint density at radius 2 is 1.77 bits per heavy atom. The fourth-order valence-electron chi connectivity index (χ4n) is 7.57. The molecule has 5 heterocycles. The van der Waals surface area contributed by atoms with Crippen LogP contribution in [0.4, 0.5) is 14.6 Å². The molecule has 3 saturated heterocycles. The Labute approximate surface area is 266 Å². The summed E-state index contributed by atoms with van der Waals surface area (Å²) in [5.74, 6) is 0.265. The van der Waals surface area contributed by atoms with E-state index < -0.39 is 33.4 Å². The van der Waals surface area contributed by atoms with E-state index in [9.17, 15) is 9.50 Å². The van der Waals surface area contributed by atoms with E-state index in [-0.39, 0.29) is 26.3 Å². The van der Waals surface area contributed by atoms with Gasteiger partial charge in [-0.1, -0.05) is 0 Å². The topological polar surface area (TPSA) is 74.6 Å². The summed E-state index contributed by atoms with van der Waals surface area (Å²) < 4.78 is 38.2. The second-order valence-electron chi connectivity index (χ2n) is 13.3. The normalized spacial score (nSPS) is 24.7. The van der Waals surface area contributed by atoms with Crippen molar-refractivity contribution in [3.63, 3.8) is 0 Å². The molecule has 0 spiro atoms. The van der Waals surface area contributed by atoms with Crippen molar-refractivity contribution < 1.29 is 18.6 Å². The first-order chi connectivity index (χ1) is 20.8. The van der Waals surface area contributed by atoms with Crippen LogP contribution in [0, 0.1) is 5.82 Å².